The maximum atomic E-state index is 11.6. The first-order valence-corrected chi connectivity index (χ1v) is 7.74. The fraction of sp³-hybridized carbons (Fsp3) is 0.263. The average Bonchev–Trinajstić information content (AvgIpc) is 2.86. The molecule has 0 aliphatic carbocycles. The standard InChI is InChI=1S/C19H20N2O2/c1-12(2)15-5-4-6-16-17(19(22)23)11-21(18(15)16)10-14-9-13(3)7-8-20-14/h4-9,11-12H,10H2,1-3H3,(H,22,23). The summed E-state index contributed by atoms with van der Waals surface area (Å²) in [6, 6.07) is 9.87. The SMILES string of the molecule is Cc1ccnc(Cn2cc(C(=O)O)c3cccc(C(C)C)c32)c1. The third kappa shape index (κ3) is 2.84. The minimum atomic E-state index is -0.896. The highest BCUT2D eigenvalue weighted by Crippen LogP contribution is 2.30. The molecule has 0 bridgehead atoms. The molecule has 1 aromatic carbocycles. The number of carboxylic acids is 1. The molecule has 0 atom stereocenters. The van der Waals surface area contributed by atoms with Crippen LogP contribution in [0.4, 0.5) is 0 Å². The quantitative estimate of drug-likeness (QED) is 0.785. The van der Waals surface area contributed by atoms with Gasteiger partial charge in [0.1, 0.15) is 0 Å². The smallest absolute Gasteiger partial charge is 0.337 e. The number of hydrogen-bond acceptors (Lipinski definition) is 2. The topological polar surface area (TPSA) is 55.1 Å². The molecule has 3 rings (SSSR count). The van der Waals surface area contributed by atoms with E-state index in [1.54, 1.807) is 12.4 Å². The molecule has 0 radical (unpaired) electrons. The van der Waals surface area contributed by atoms with Gasteiger partial charge in [0.05, 0.1) is 23.3 Å². The van der Waals surface area contributed by atoms with Gasteiger partial charge in [0, 0.05) is 17.8 Å². The lowest BCUT2D eigenvalue weighted by Gasteiger charge is -2.12. The van der Waals surface area contributed by atoms with E-state index in [-0.39, 0.29) is 0 Å². The second kappa shape index (κ2) is 5.88. The lowest BCUT2D eigenvalue weighted by Crippen LogP contribution is -2.03. The van der Waals surface area contributed by atoms with E-state index in [1.165, 1.54) is 0 Å². The van der Waals surface area contributed by atoms with Crippen molar-refractivity contribution in [1.29, 1.82) is 0 Å². The minimum Gasteiger partial charge on any atom is -0.478 e. The van der Waals surface area contributed by atoms with Gasteiger partial charge < -0.3 is 9.67 Å². The summed E-state index contributed by atoms with van der Waals surface area (Å²) in [6.45, 7) is 6.84. The van der Waals surface area contributed by atoms with Gasteiger partial charge in [0.25, 0.3) is 0 Å². The molecular formula is C19H20N2O2. The molecule has 2 aromatic heterocycles. The number of fused-ring (bicyclic) bond motifs is 1. The molecule has 0 fully saturated rings. The maximum absolute atomic E-state index is 11.6. The number of para-hydroxylation sites is 1. The van der Waals surface area contributed by atoms with E-state index < -0.39 is 5.97 Å². The summed E-state index contributed by atoms with van der Waals surface area (Å²) >= 11 is 0. The van der Waals surface area contributed by atoms with Crippen LogP contribution < -0.4 is 0 Å². The number of aromatic carboxylic acids is 1. The zero-order valence-corrected chi connectivity index (χ0v) is 13.6. The molecule has 0 saturated heterocycles. The second-order valence-corrected chi connectivity index (χ2v) is 6.20. The summed E-state index contributed by atoms with van der Waals surface area (Å²) in [7, 11) is 0. The molecule has 118 valence electrons. The van der Waals surface area contributed by atoms with Crippen LogP contribution in [-0.4, -0.2) is 20.6 Å². The molecule has 0 aliphatic rings. The summed E-state index contributed by atoms with van der Waals surface area (Å²) < 4.78 is 2.01. The first kappa shape index (κ1) is 15.3. The predicted molar refractivity (Wildman–Crippen MR) is 91.1 cm³/mol. The lowest BCUT2D eigenvalue weighted by molar-refractivity contribution is 0.0699. The molecule has 0 spiro atoms. The van der Waals surface area contributed by atoms with Crippen LogP contribution in [0.2, 0.25) is 0 Å². The van der Waals surface area contributed by atoms with E-state index in [1.807, 2.05) is 35.8 Å². The Morgan fingerprint density at radius 2 is 2.09 bits per heavy atom. The number of carboxylic acid groups (broad SMARTS) is 1. The number of aryl methyl sites for hydroxylation is 1. The molecule has 0 saturated carbocycles. The van der Waals surface area contributed by atoms with Crippen LogP contribution in [0.25, 0.3) is 10.9 Å². The molecule has 1 N–H and O–H groups in total. The van der Waals surface area contributed by atoms with E-state index >= 15 is 0 Å². The Balaban J connectivity index is 2.21. The van der Waals surface area contributed by atoms with Gasteiger partial charge in [-0.2, -0.15) is 0 Å². The molecule has 0 unspecified atom stereocenters. The zero-order valence-electron chi connectivity index (χ0n) is 13.6. The molecule has 3 aromatic rings. The first-order chi connectivity index (χ1) is 11.0. The third-order valence-corrected chi connectivity index (χ3v) is 4.09. The van der Waals surface area contributed by atoms with Crippen molar-refractivity contribution >= 4 is 16.9 Å². The summed E-state index contributed by atoms with van der Waals surface area (Å²) in [5.41, 5.74) is 4.56. The highest BCUT2D eigenvalue weighted by atomic mass is 16.4. The molecule has 4 nitrogen and oxygen atoms in total. The number of benzene rings is 1. The summed E-state index contributed by atoms with van der Waals surface area (Å²) in [5, 5.41) is 10.3. The number of pyridine rings is 1. The van der Waals surface area contributed by atoms with Crippen LogP contribution in [0.1, 0.15) is 46.9 Å². The van der Waals surface area contributed by atoms with Crippen molar-refractivity contribution in [3.63, 3.8) is 0 Å². The van der Waals surface area contributed by atoms with Crippen LogP contribution in [-0.2, 0) is 6.54 Å². The van der Waals surface area contributed by atoms with Gasteiger partial charge in [-0.05, 0) is 36.1 Å². The van der Waals surface area contributed by atoms with E-state index in [0.29, 0.717) is 18.0 Å². The fourth-order valence-electron chi connectivity index (χ4n) is 3.01. The van der Waals surface area contributed by atoms with Gasteiger partial charge in [0.2, 0.25) is 0 Å². The molecule has 2 heterocycles. The average molecular weight is 308 g/mol. The van der Waals surface area contributed by atoms with Crippen molar-refractivity contribution in [3.8, 4) is 0 Å². The van der Waals surface area contributed by atoms with E-state index in [0.717, 1.165) is 27.7 Å². The molecule has 23 heavy (non-hydrogen) atoms. The maximum Gasteiger partial charge on any atom is 0.337 e. The largest absolute Gasteiger partial charge is 0.478 e. The normalized spacial score (nSPS) is 11.3. The first-order valence-electron chi connectivity index (χ1n) is 7.74. The summed E-state index contributed by atoms with van der Waals surface area (Å²) in [5.74, 6) is -0.577. The van der Waals surface area contributed by atoms with Crippen LogP contribution in [0, 0.1) is 6.92 Å². The Morgan fingerprint density at radius 3 is 2.74 bits per heavy atom. The fourth-order valence-corrected chi connectivity index (χ4v) is 3.01. The van der Waals surface area contributed by atoms with E-state index in [9.17, 15) is 9.90 Å². The summed E-state index contributed by atoms with van der Waals surface area (Å²) in [6.07, 6.45) is 3.51. The van der Waals surface area contributed by atoms with Crippen molar-refractivity contribution in [1.82, 2.24) is 9.55 Å². The molecule has 0 aliphatic heterocycles. The highest BCUT2D eigenvalue weighted by molar-refractivity contribution is 6.04. The van der Waals surface area contributed by atoms with Crippen LogP contribution >= 0.6 is 0 Å². The number of carbonyl (C=O) groups is 1. The number of nitrogens with zero attached hydrogens (tertiary/aromatic N) is 2. The number of aromatic nitrogens is 2. The Hall–Kier alpha value is -2.62. The Bertz CT molecular complexity index is 878. The van der Waals surface area contributed by atoms with Crippen molar-refractivity contribution in [3.05, 3.63) is 65.1 Å². The van der Waals surface area contributed by atoms with Gasteiger partial charge in [-0.1, -0.05) is 32.0 Å². The molecular weight excluding hydrogens is 288 g/mol. The Morgan fingerprint density at radius 1 is 1.30 bits per heavy atom. The van der Waals surface area contributed by atoms with Crippen LogP contribution in [0.15, 0.2) is 42.7 Å². The zero-order chi connectivity index (χ0) is 16.6. The number of rotatable bonds is 4. The van der Waals surface area contributed by atoms with Gasteiger partial charge in [-0.3, -0.25) is 4.98 Å². The Kier molecular flexibility index (Phi) is 3.90. The van der Waals surface area contributed by atoms with Gasteiger partial charge in [0.15, 0.2) is 0 Å². The highest BCUT2D eigenvalue weighted by Gasteiger charge is 2.18. The van der Waals surface area contributed by atoms with Crippen molar-refractivity contribution in [2.75, 3.05) is 0 Å². The number of hydrogen-bond donors (Lipinski definition) is 1. The second-order valence-electron chi connectivity index (χ2n) is 6.20. The van der Waals surface area contributed by atoms with E-state index in [2.05, 4.69) is 24.9 Å². The van der Waals surface area contributed by atoms with Crippen molar-refractivity contribution < 1.29 is 9.90 Å². The monoisotopic (exact) mass is 308 g/mol. The van der Waals surface area contributed by atoms with Gasteiger partial charge >= 0.3 is 5.97 Å². The summed E-state index contributed by atoms with van der Waals surface area (Å²) in [4.78, 5) is 16.0. The van der Waals surface area contributed by atoms with E-state index in [4.69, 9.17) is 0 Å². The third-order valence-electron chi connectivity index (χ3n) is 4.09. The van der Waals surface area contributed by atoms with Crippen LogP contribution in [0.3, 0.4) is 0 Å². The van der Waals surface area contributed by atoms with Crippen molar-refractivity contribution in [2.45, 2.75) is 33.2 Å². The Labute approximate surface area is 135 Å². The molecule has 0 amide bonds. The van der Waals surface area contributed by atoms with Crippen molar-refractivity contribution in [2.24, 2.45) is 0 Å². The molecule has 4 heteroatoms. The van der Waals surface area contributed by atoms with Crippen LogP contribution in [0.5, 0.6) is 0 Å². The van der Waals surface area contributed by atoms with Gasteiger partial charge in [-0.15, -0.1) is 0 Å². The minimum absolute atomic E-state index is 0.319. The predicted octanol–water partition coefficient (Wildman–Crippen LogP) is 4.21. The van der Waals surface area contributed by atoms with Gasteiger partial charge in [-0.25, -0.2) is 4.79 Å². The lowest BCUT2D eigenvalue weighted by atomic mass is 9.99.